The predicted octanol–water partition coefficient (Wildman–Crippen LogP) is 2.19. The van der Waals surface area contributed by atoms with Gasteiger partial charge in [0, 0.05) is 11.6 Å². The number of nitrogens with one attached hydrogen (secondary N) is 2. The van der Waals surface area contributed by atoms with Crippen molar-refractivity contribution in [1.82, 2.24) is 10.6 Å². The average Bonchev–Trinajstić information content (AvgIpc) is 2.49. The number of urea groups is 1. The Morgan fingerprint density at radius 1 is 1.21 bits per heavy atom. The minimum absolute atomic E-state index is 0.374. The molecule has 2 unspecified atom stereocenters. The van der Waals surface area contributed by atoms with Crippen LogP contribution in [0.5, 0.6) is 5.75 Å². The normalized spacial score (nSPS) is 12.7. The van der Waals surface area contributed by atoms with Crippen molar-refractivity contribution in [3.05, 3.63) is 28.8 Å². The van der Waals surface area contributed by atoms with Gasteiger partial charge in [-0.2, -0.15) is 0 Å². The van der Waals surface area contributed by atoms with Crippen molar-refractivity contribution in [2.75, 3.05) is 6.54 Å². The topological polar surface area (TPSA) is 93.7 Å². The first-order valence-corrected chi connectivity index (χ1v) is 7.84. The molecule has 1 aromatic rings. The van der Waals surface area contributed by atoms with Crippen LogP contribution in [0, 0.1) is 6.92 Å². The molecular formula is C16H21ClN2O5. The molecule has 8 heteroatoms. The second kappa shape index (κ2) is 9.12. The molecule has 132 valence electrons. The third kappa shape index (κ3) is 6.08. The van der Waals surface area contributed by atoms with E-state index in [1.165, 1.54) is 13.8 Å². The number of hydrogen-bond acceptors (Lipinski definition) is 5. The van der Waals surface area contributed by atoms with Gasteiger partial charge in [0.2, 0.25) is 0 Å². The van der Waals surface area contributed by atoms with Crippen LogP contribution in [0.4, 0.5) is 4.79 Å². The Morgan fingerprint density at radius 3 is 2.46 bits per heavy atom. The fourth-order valence-corrected chi connectivity index (χ4v) is 1.95. The maximum absolute atomic E-state index is 12.0. The molecule has 0 aromatic heterocycles. The third-order valence-corrected chi connectivity index (χ3v) is 3.24. The molecule has 0 radical (unpaired) electrons. The molecule has 1 rings (SSSR count). The fourth-order valence-electron chi connectivity index (χ4n) is 1.73. The van der Waals surface area contributed by atoms with E-state index in [0.717, 1.165) is 5.56 Å². The van der Waals surface area contributed by atoms with Gasteiger partial charge >= 0.3 is 12.0 Å². The molecule has 0 aliphatic carbocycles. The van der Waals surface area contributed by atoms with Crippen molar-refractivity contribution in [1.29, 1.82) is 0 Å². The highest BCUT2D eigenvalue weighted by molar-refractivity contribution is 6.30. The summed E-state index contributed by atoms with van der Waals surface area (Å²) in [5.41, 5.74) is 0.768. The zero-order chi connectivity index (χ0) is 18.3. The minimum atomic E-state index is -1.13. The third-order valence-electron chi connectivity index (χ3n) is 3.01. The lowest BCUT2D eigenvalue weighted by Crippen LogP contribution is -2.45. The summed E-state index contributed by atoms with van der Waals surface area (Å²) in [7, 11) is 0. The van der Waals surface area contributed by atoms with Crippen molar-refractivity contribution in [3.63, 3.8) is 0 Å². The van der Waals surface area contributed by atoms with Crippen LogP contribution in [-0.2, 0) is 14.3 Å². The number of ether oxygens (including phenoxy) is 2. The highest BCUT2D eigenvalue weighted by Gasteiger charge is 2.24. The fraction of sp³-hybridized carbons (Fsp3) is 0.438. The highest BCUT2D eigenvalue weighted by atomic mass is 35.5. The monoisotopic (exact) mass is 356 g/mol. The number of halogens is 1. The molecular weight excluding hydrogens is 336 g/mol. The van der Waals surface area contributed by atoms with E-state index in [4.69, 9.17) is 21.1 Å². The Kier molecular flexibility index (Phi) is 7.51. The maximum atomic E-state index is 12.0. The van der Waals surface area contributed by atoms with E-state index in [2.05, 4.69) is 10.6 Å². The summed E-state index contributed by atoms with van der Waals surface area (Å²) in [4.78, 5) is 35.0. The quantitative estimate of drug-likeness (QED) is 0.762. The summed E-state index contributed by atoms with van der Waals surface area (Å²) in [6.45, 7) is 6.75. The van der Waals surface area contributed by atoms with Gasteiger partial charge in [-0.1, -0.05) is 11.6 Å². The molecule has 2 atom stereocenters. The van der Waals surface area contributed by atoms with E-state index >= 15 is 0 Å². The van der Waals surface area contributed by atoms with E-state index in [1.807, 2.05) is 0 Å². The maximum Gasteiger partial charge on any atom is 0.347 e. The van der Waals surface area contributed by atoms with Crippen molar-refractivity contribution in [2.45, 2.75) is 39.9 Å². The Labute approximate surface area is 145 Å². The molecule has 0 aliphatic rings. The molecule has 3 amide bonds. The van der Waals surface area contributed by atoms with Crippen LogP contribution < -0.4 is 15.4 Å². The standard InChI is InChI=1S/C16H21ClN2O5/c1-5-18-16(22)19-14(20)10(3)24-15(21)11(4)23-13-7-6-12(17)8-9(13)2/h6-8,10-11H,5H2,1-4H3,(H2,18,19,20,22). The molecule has 0 saturated carbocycles. The second-order valence-corrected chi connectivity index (χ2v) is 5.53. The predicted molar refractivity (Wildman–Crippen MR) is 89.0 cm³/mol. The first-order valence-electron chi connectivity index (χ1n) is 7.46. The van der Waals surface area contributed by atoms with Crippen LogP contribution >= 0.6 is 11.6 Å². The zero-order valence-corrected chi connectivity index (χ0v) is 14.8. The van der Waals surface area contributed by atoms with E-state index in [1.54, 1.807) is 32.0 Å². The number of hydrogen-bond donors (Lipinski definition) is 2. The molecule has 1 aromatic carbocycles. The van der Waals surface area contributed by atoms with Crippen molar-refractivity contribution < 1.29 is 23.9 Å². The van der Waals surface area contributed by atoms with E-state index in [9.17, 15) is 14.4 Å². The molecule has 7 nitrogen and oxygen atoms in total. The van der Waals surface area contributed by atoms with Crippen molar-refractivity contribution in [3.8, 4) is 5.75 Å². The summed E-state index contributed by atoms with van der Waals surface area (Å²) in [5, 5.41) is 5.03. The van der Waals surface area contributed by atoms with Gasteiger partial charge in [-0.05, 0) is 51.5 Å². The first-order chi connectivity index (χ1) is 11.2. The van der Waals surface area contributed by atoms with Crippen LogP contribution in [0.3, 0.4) is 0 Å². The average molecular weight is 357 g/mol. The molecule has 0 bridgehead atoms. The Balaban J connectivity index is 2.56. The number of carbonyl (C=O) groups excluding carboxylic acids is 3. The SMILES string of the molecule is CCNC(=O)NC(=O)C(C)OC(=O)C(C)Oc1ccc(Cl)cc1C. The van der Waals surface area contributed by atoms with Gasteiger partial charge in [-0.15, -0.1) is 0 Å². The number of aryl methyl sites for hydroxylation is 1. The van der Waals surface area contributed by atoms with E-state index < -0.39 is 30.1 Å². The Hall–Kier alpha value is -2.28. The van der Waals surface area contributed by atoms with E-state index in [-0.39, 0.29) is 0 Å². The minimum Gasteiger partial charge on any atom is -0.479 e. The molecule has 0 aliphatic heterocycles. The largest absolute Gasteiger partial charge is 0.479 e. The Morgan fingerprint density at radius 2 is 1.88 bits per heavy atom. The molecule has 0 heterocycles. The number of rotatable bonds is 6. The lowest BCUT2D eigenvalue weighted by Gasteiger charge is -2.18. The highest BCUT2D eigenvalue weighted by Crippen LogP contribution is 2.23. The number of imide groups is 1. The smallest absolute Gasteiger partial charge is 0.347 e. The number of amides is 3. The zero-order valence-electron chi connectivity index (χ0n) is 14.0. The van der Waals surface area contributed by atoms with E-state index in [0.29, 0.717) is 17.3 Å². The lowest BCUT2D eigenvalue weighted by molar-refractivity contribution is -0.160. The summed E-state index contributed by atoms with van der Waals surface area (Å²) in [6.07, 6.45) is -2.05. The number of carbonyl (C=O) groups is 3. The lowest BCUT2D eigenvalue weighted by atomic mass is 10.2. The van der Waals surface area contributed by atoms with Gasteiger partial charge in [0.15, 0.2) is 12.2 Å². The van der Waals surface area contributed by atoms with Crippen LogP contribution in [0.1, 0.15) is 26.3 Å². The summed E-state index contributed by atoms with van der Waals surface area (Å²) >= 11 is 5.86. The van der Waals surface area contributed by atoms with Gasteiger partial charge in [0.05, 0.1) is 0 Å². The van der Waals surface area contributed by atoms with Crippen LogP contribution in [0.15, 0.2) is 18.2 Å². The molecule has 0 fully saturated rings. The number of esters is 1. The van der Waals surface area contributed by atoms with Crippen molar-refractivity contribution in [2.24, 2.45) is 0 Å². The van der Waals surface area contributed by atoms with Gasteiger partial charge in [0.25, 0.3) is 5.91 Å². The van der Waals surface area contributed by atoms with Crippen LogP contribution in [0.2, 0.25) is 5.02 Å². The number of benzene rings is 1. The van der Waals surface area contributed by atoms with Gasteiger partial charge < -0.3 is 14.8 Å². The summed E-state index contributed by atoms with van der Waals surface area (Å²) < 4.78 is 10.5. The summed E-state index contributed by atoms with van der Waals surface area (Å²) in [5.74, 6) is -0.949. The molecule has 0 spiro atoms. The van der Waals surface area contributed by atoms with Gasteiger partial charge in [-0.3, -0.25) is 10.1 Å². The molecule has 0 saturated heterocycles. The molecule has 24 heavy (non-hydrogen) atoms. The van der Waals surface area contributed by atoms with Crippen LogP contribution in [0.25, 0.3) is 0 Å². The Bertz CT molecular complexity index is 620. The second-order valence-electron chi connectivity index (χ2n) is 5.10. The first kappa shape index (κ1) is 19.8. The van der Waals surface area contributed by atoms with Crippen molar-refractivity contribution >= 4 is 29.5 Å². The van der Waals surface area contributed by atoms with Gasteiger partial charge in [0.1, 0.15) is 5.75 Å². The summed E-state index contributed by atoms with van der Waals surface area (Å²) in [6, 6.07) is 4.35. The van der Waals surface area contributed by atoms with Crippen LogP contribution in [-0.4, -0.2) is 36.7 Å². The van der Waals surface area contributed by atoms with Gasteiger partial charge in [-0.25, -0.2) is 9.59 Å². The molecule has 2 N–H and O–H groups in total.